The molecule has 3 aliphatic rings. The Kier molecular flexibility index (Phi) is 7.35. The van der Waals surface area contributed by atoms with E-state index in [1.54, 1.807) is 0 Å². The first-order valence-corrected chi connectivity index (χ1v) is 13.9. The number of carbonyl (C=O) groups is 3. The predicted octanol–water partition coefficient (Wildman–Crippen LogP) is 3.05. The zero-order valence-electron chi connectivity index (χ0n) is 23.0. The van der Waals surface area contributed by atoms with Gasteiger partial charge in [-0.2, -0.15) is 5.10 Å². The van der Waals surface area contributed by atoms with Gasteiger partial charge in [0, 0.05) is 62.8 Å². The van der Waals surface area contributed by atoms with Crippen molar-refractivity contribution >= 4 is 34.5 Å². The molecule has 2 saturated heterocycles. The fraction of sp³-hybridized carbons (Fsp3) is 0.643. The third-order valence-electron chi connectivity index (χ3n) is 8.05. The van der Waals surface area contributed by atoms with E-state index in [2.05, 4.69) is 43.7 Å². The number of aryl methyl sites for hydroxylation is 1. The summed E-state index contributed by atoms with van der Waals surface area (Å²) in [5, 5.41) is 11.1. The molecule has 3 fully saturated rings. The number of alkyl carbamates (subject to hydrolysis) is 1. The first-order valence-electron chi connectivity index (χ1n) is 13.9. The highest BCUT2D eigenvalue weighted by molar-refractivity contribution is 6.02. The van der Waals surface area contributed by atoms with Crippen LogP contribution in [0.3, 0.4) is 0 Å². The van der Waals surface area contributed by atoms with Gasteiger partial charge in [-0.05, 0) is 71.1 Å². The number of hydrogen-bond donors (Lipinski definition) is 2. The Balaban J connectivity index is 1.16. The third-order valence-corrected chi connectivity index (χ3v) is 8.05. The van der Waals surface area contributed by atoms with Crippen molar-refractivity contribution in [2.45, 2.75) is 82.9 Å². The molecule has 0 spiro atoms. The van der Waals surface area contributed by atoms with E-state index >= 15 is 0 Å². The number of anilines is 1. The number of carbonyl (C=O) groups excluding carboxylic acids is 3. The molecule has 1 unspecified atom stereocenters. The highest BCUT2D eigenvalue weighted by Gasteiger charge is 2.33. The molecule has 3 heterocycles. The van der Waals surface area contributed by atoms with Crippen LogP contribution in [0.1, 0.15) is 70.9 Å². The van der Waals surface area contributed by atoms with E-state index in [1.165, 1.54) is 5.69 Å². The number of piperidine rings is 1. The second-order valence-corrected chi connectivity index (χ2v) is 11.9. The third kappa shape index (κ3) is 5.80. The van der Waals surface area contributed by atoms with Gasteiger partial charge >= 0.3 is 6.09 Å². The molecule has 5 rings (SSSR count). The van der Waals surface area contributed by atoms with Gasteiger partial charge in [-0.3, -0.25) is 24.5 Å². The Morgan fingerprint density at radius 2 is 1.76 bits per heavy atom. The normalized spacial score (nSPS) is 25.4. The van der Waals surface area contributed by atoms with Gasteiger partial charge in [0.15, 0.2) is 0 Å². The molecule has 1 saturated carbocycles. The minimum absolute atomic E-state index is 0.193. The Morgan fingerprint density at radius 3 is 2.42 bits per heavy atom. The molecule has 1 aromatic carbocycles. The van der Waals surface area contributed by atoms with Gasteiger partial charge in [0.25, 0.3) is 0 Å². The summed E-state index contributed by atoms with van der Waals surface area (Å²) < 4.78 is 7.26. The molecule has 206 valence electrons. The highest BCUT2D eigenvalue weighted by Crippen LogP contribution is 2.33. The number of ether oxygens (including phenoxy) is 1. The lowest BCUT2D eigenvalue weighted by Crippen LogP contribution is -2.52. The van der Waals surface area contributed by atoms with Gasteiger partial charge < -0.3 is 15.0 Å². The highest BCUT2D eigenvalue weighted by atomic mass is 16.6. The summed E-state index contributed by atoms with van der Waals surface area (Å²) in [6.07, 6.45) is 4.67. The second-order valence-electron chi connectivity index (χ2n) is 11.9. The first-order chi connectivity index (χ1) is 18.1. The quantitative estimate of drug-likeness (QED) is 0.592. The van der Waals surface area contributed by atoms with Crippen LogP contribution in [0.25, 0.3) is 10.9 Å². The number of imide groups is 1. The molecule has 1 aliphatic carbocycles. The Bertz CT molecular complexity index is 1200. The summed E-state index contributed by atoms with van der Waals surface area (Å²) in [4.78, 5) is 41.1. The molecule has 0 bridgehead atoms. The van der Waals surface area contributed by atoms with Gasteiger partial charge in [0.05, 0.1) is 17.1 Å². The van der Waals surface area contributed by atoms with Crippen molar-refractivity contribution in [1.82, 2.24) is 25.3 Å². The number of piperazine rings is 1. The molecule has 0 radical (unpaired) electrons. The maximum Gasteiger partial charge on any atom is 0.407 e. The van der Waals surface area contributed by atoms with Crippen molar-refractivity contribution in [2.24, 2.45) is 7.05 Å². The standard InChI is InChI=1S/C28H40N6O4/c1-28(2,3)38-27(37)29-18-5-7-19(8-6-18)33-13-15-34(16-14-33)20-9-10-21-23(17-20)32(4)31-25(21)22-11-12-24(35)30-26(22)36/h9-10,17-19,22H,5-8,11-16H2,1-4H3,(H,29,37)(H,30,35,36)/t18-,19-,22?. The zero-order chi connectivity index (χ0) is 27.0. The van der Waals surface area contributed by atoms with Crippen LogP contribution in [0.2, 0.25) is 0 Å². The largest absolute Gasteiger partial charge is 0.444 e. The van der Waals surface area contributed by atoms with E-state index in [9.17, 15) is 14.4 Å². The Hall–Kier alpha value is -3.14. The second kappa shape index (κ2) is 10.6. The summed E-state index contributed by atoms with van der Waals surface area (Å²) in [7, 11) is 1.91. The summed E-state index contributed by atoms with van der Waals surface area (Å²) >= 11 is 0. The molecule has 3 amide bonds. The lowest BCUT2D eigenvalue weighted by Gasteiger charge is -2.42. The zero-order valence-corrected chi connectivity index (χ0v) is 23.0. The van der Waals surface area contributed by atoms with Gasteiger partial charge in [-0.25, -0.2) is 4.79 Å². The average Bonchev–Trinajstić information content (AvgIpc) is 3.19. The lowest BCUT2D eigenvalue weighted by molar-refractivity contribution is -0.134. The monoisotopic (exact) mass is 524 g/mol. The summed E-state index contributed by atoms with van der Waals surface area (Å²) in [5.41, 5.74) is 2.44. The number of benzene rings is 1. The van der Waals surface area contributed by atoms with Crippen LogP contribution in [0.5, 0.6) is 0 Å². The lowest BCUT2D eigenvalue weighted by atomic mass is 9.90. The van der Waals surface area contributed by atoms with Gasteiger partial charge in [-0.15, -0.1) is 0 Å². The van der Waals surface area contributed by atoms with Crippen molar-refractivity contribution in [3.05, 3.63) is 23.9 Å². The van der Waals surface area contributed by atoms with Crippen molar-refractivity contribution < 1.29 is 19.1 Å². The topological polar surface area (TPSA) is 109 Å². The maximum atomic E-state index is 12.4. The fourth-order valence-corrected chi connectivity index (χ4v) is 6.09. The first kappa shape index (κ1) is 26.5. The number of aromatic nitrogens is 2. The number of hydrogen-bond acceptors (Lipinski definition) is 7. The Morgan fingerprint density at radius 1 is 1.05 bits per heavy atom. The van der Waals surface area contributed by atoms with Crippen molar-refractivity contribution in [3.8, 4) is 0 Å². The van der Waals surface area contributed by atoms with Crippen LogP contribution in [0.15, 0.2) is 18.2 Å². The minimum atomic E-state index is -0.474. The van der Waals surface area contributed by atoms with E-state index in [1.807, 2.05) is 32.5 Å². The number of nitrogens with zero attached hydrogens (tertiary/aromatic N) is 4. The molecule has 2 aromatic rings. The summed E-state index contributed by atoms with van der Waals surface area (Å²) in [6.45, 7) is 9.60. The molecule has 10 nitrogen and oxygen atoms in total. The predicted molar refractivity (Wildman–Crippen MR) is 145 cm³/mol. The molecule has 1 atom stereocenters. The van der Waals surface area contributed by atoms with Crippen molar-refractivity contribution in [1.29, 1.82) is 0 Å². The fourth-order valence-electron chi connectivity index (χ4n) is 6.09. The van der Waals surface area contributed by atoms with Crippen LogP contribution in [-0.4, -0.2) is 76.5 Å². The van der Waals surface area contributed by atoms with Gasteiger partial charge in [-0.1, -0.05) is 0 Å². The van der Waals surface area contributed by atoms with Crippen molar-refractivity contribution in [2.75, 3.05) is 31.1 Å². The van der Waals surface area contributed by atoms with E-state index in [-0.39, 0.29) is 29.9 Å². The van der Waals surface area contributed by atoms with E-state index < -0.39 is 5.60 Å². The smallest absolute Gasteiger partial charge is 0.407 e. The van der Waals surface area contributed by atoms with Crippen LogP contribution >= 0.6 is 0 Å². The van der Waals surface area contributed by atoms with E-state index in [0.717, 1.165) is 68.5 Å². The van der Waals surface area contributed by atoms with Crippen LogP contribution in [-0.2, 0) is 21.4 Å². The van der Waals surface area contributed by atoms with E-state index in [0.29, 0.717) is 18.9 Å². The van der Waals surface area contributed by atoms with E-state index in [4.69, 9.17) is 4.74 Å². The number of amides is 3. The number of fused-ring (bicyclic) bond motifs is 1. The molecule has 10 heteroatoms. The summed E-state index contributed by atoms with van der Waals surface area (Å²) in [6, 6.07) is 7.12. The van der Waals surface area contributed by atoms with Gasteiger partial charge in [0.1, 0.15) is 5.60 Å². The van der Waals surface area contributed by atoms with Crippen LogP contribution < -0.4 is 15.5 Å². The van der Waals surface area contributed by atoms with Crippen LogP contribution in [0, 0.1) is 0 Å². The number of rotatable bonds is 4. The molecular formula is C28H40N6O4. The molecular weight excluding hydrogens is 484 g/mol. The van der Waals surface area contributed by atoms with Crippen LogP contribution in [0.4, 0.5) is 10.5 Å². The van der Waals surface area contributed by atoms with Crippen molar-refractivity contribution in [3.63, 3.8) is 0 Å². The summed E-state index contributed by atoms with van der Waals surface area (Å²) in [5.74, 6) is -0.852. The molecule has 38 heavy (non-hydrogen) atoms. The average molecular weight is 525 g/mol. The Labute approximate surface area is 224 Å². The SMILES string of the molecule is Cn1nc(C2CCC(=O)NC2=O)c2ccc(N3CCN([C@H]4CC[C@H](NC(=O)OC(C)(C)C)CC4)CC3)cc21. The van der Waals surface area contributed by atoms with Gasteiger partial charge in [0.2, 0.25) is 11.8 Å². The minimum Gasteiger partial charge on any atom is -0.444 e. The molecule has 1 aromatic heterocycles. The number of nitrogens with one attached hydrogen (secondary N) is 2. The molecule has 2 N–H and O–H groups in total. The molecule has 2 aliphatic heterocycles. The maximum absolute atomic E-state index is 12.4.